The minimum absolute atomic E-state index is 0.0733. The topological polar surface area (TPSA) is 98.0 Å². The molecule has 3 aromatic rings. The van der Waals surface area contributed by atoms with Crippen LogP contribution in [0.1, 0.15) is 18.4 Å². The monoisotopic (exact) mass is 573 g/mol. The van der Waals surface area contributed by atoms with Crippen LogP contribution < -0.4 is 15.5 Å². The van der Waals surface area contributed by atoms with Gasteiger partial charge in [0.15, 0.2) is 17.5 Å². The summed E-state index contributed by atoms with van der Waals surface area (Å²) in [6.45, 7) is 6.80. The van der Waals surface area contributed by atoms with Crippen molar-refractivity contribution in [2.45, 2.75) is 19.4 Å². The molecule has 2 N–H and O–H groups in total. The number of hydrogen-bond acceptors (Lipinski definition) is 8. The number of aromatic nitrogens is 2. The summed E-state index contributed by atoms with van der Waals surface area (Å²) in [7, 11) is 0. The van der Waals surface area contributed by atoms with Gasteiger partial charge in [-0.05, 0) is 30.2 Å². The van der Waals surface area contributed by atoms with E-state index in [1.54, 1.807) is 16.1 Å². The summed E-state index contributed by atoms with van der Waals surface area (Å²) >= 11 is 0. The number of nitrogens with zero attached hydrogens (tertiary/aromatic N) is 6. The van der Waals surface area contributed by atoms with Gasteiger partial charge in [-0.2, -0.15) is 4.98 Å². The third-order valence-corrected chi connectivity index (χ3v) is 7.39. The highest BCUT2D eigenvalue weighted by Gasteiger charge is 2.33. The molecular formula is C30H31F2N8O2+. The molecule has 2 aromatic carbocycles. The van der Waals surface area contributed by atoms with E-state index in [1.807, 2.05) is 34.9 Å². The molecular weight excluding hydrogens is 542 g/mol. The number of piperidine rings is 1. The molecule has 3 aliphatic rings. The molecule has 0 saturated carbocycles. The van der Waals surface area contributed by atoms with Gasteiger partial charge in [-0.15, -0.1) is 0 Å². The molecule has 216 valence electrons. The maximum absolute atomic E-state index is 15.2. The first-order chi connectivity index (χ1) is 20.5. The number of ether oxygens (including phenoxy) is 1. The average Bonchev–Trinajstić information content (AvgIpc) is 3.44. The van der Waals surface area contributed by atoms with Crippen LogP contribution in [0.15, 0.2) is 60.1 Å². The van der Waals surface area contributed by atoms with Crippen molar-refractivity contribution >= 4 is 52.6 Å². The van der Waals surface area contributed by atoms with Gasteiger partial charge in [-0.1, -0.05) is 46.9 Å². The minimum Gasteiger partial charge on any atom is -0.378 e. The van der Waals surface area contributed by atoms with Gasteiger partial charge in [0.1, 0.15) is 5.69 Å². The number of anilines is 4. The zero-order chi connectivity index (χ0) is 29.1. The van der Waals surface area contributed by atoms with Crippen LogP contribution in [-0.2, 0) is 16.1 Å². The molecule has 0 spiro atoms. The maximum Gasteiger partial charge on any atom is 0.318 e. The zero-order valence-corrected chi connectivity index (χ0v) is 23.0. The summed E-state index contributed by atoms with van der Waals surface area (Å²) in [5.41, 5.74) is 2.63. The summed E-state index contributed by atoms with van der Waals surface area (Å²) in [5, 5.41) is 6.33. The normalized spacial score (nSPS) is 18.1. The number of amides is 1. The van der Waals surface area contributed by atoms with Crippen molar-refractivity contribution in [1.29, 1.82) is 0 Å². The molecule has 10 nitrogen and oxygen atoms in total. The van der Waals surface area contributed by atoms with Crippen LogP contribution >= 0.6 is 0 Å². The van der Waals surface area contributed by atoms with Crippen LogP contribution in [0.4, 0.5) is 43.4 Å². The van der Waals surface area contributed by atoms with E-state index < -0.39 is 11.6 Å². The second kappa shape index (κ2) is 12.0. The molecule has 42 heavy (non-hydrogen) atoms. The molecule has 1 aromatic heterocycles. The Kier molecular flexibility index (Phi) is 7.87. The van der Waals surface area contributed by atoms with E-state index in [2.05, 4.69) is 27.2 Å². The first-order valence-electron chi connectivity index (χ1n) is 13.9. The molecule has 0 bridgehead atoms. The molecule has 1 amide bonds. The number of benzene rings is 2. The van der Waals surface area contributed by atoms with E-state index in [0.29, 0.717) is 63.3 Å². The van der Waals surface area contributed by atoms with Crippen molar-refractivity contribution < 1.29 is 22.9 Å². The van der Waals surface area contributed by atoms with E-state index in [-0.39, 0.29) is 23.2 Å². The molecule has 0 unspecified atom stereocenters. The predicted molar refractivity (Wildman–Crippen MR) is 158 cm³/mol. The van der Waals surface area contributed by atoms with Crippen LogP contribution in [0.5, 0.6) is 0 Å². The Morgan fingerprint density at radius 1 is 1.10 bits per heavy atom. The van der Waals surface area contributed by atoms with Gasteiger partial charge in [0.25, 0.3) is 5.69 Å². The molecule has 0 radical (unpaired) electrons. The third kappa shape index (κ3) is 5.70. The first kappa shape index (κ1) is 27.5. The smallest absolute Gasteiger partial charge is 0.318 e. The van der Waals surface area contributed by atoms with E-state index in [1.165, 1.54) is 18.2 Å². The second-order valence-electron chi connectivity index (χ2n) is 10.2. The first-order valence-corrected chi connectivity index (χ1v) is 13.9. The van der Waals surface area contributed by atoms with Crippen LogP contribution in [0, 0.1) is 11.6 Å². The van der Waals surface area contributed by atoms with Crippen molar-refractivity contribution in [2.24, 2.45) is 4.99 Å². The number of carbonyl (C=O) groups is 1. The Morgan fingerprint density at radius 2 is 1.86 bits per heavy atom. The van der Waals surface area contributed by atoms with Gasteiger partial charge in [-0.3, -0.25) is 4.79 Å². The highest BCUT2D eigenvalue weighted by molar-refractivity contribution is 5.95. The lowest BCUT2D eigenvalue weighted by Crippen LogP contribution is -2.41. The van der Waals surface area contributed by atoms with Crippen LogP contribution in [0.3, 0.4) is 0 Å². The molecule has 2 saturated heterocycles. The fourth-order valence-corrected chi connectivity index (χ4v) is 5.31. The summed E-state index contributed by atoms with van der Waals surface area (Å²) in [4.78, 5) is 29.6. The maximum atomic E-state index is 15.2. The lowest BCUT2D eigenvalue weighted by molar-refractivity contribution is -0.299. The fraction of sp³-hybridized carbons (Fsp3) is 0.300. The van der Waals surface area contributed by atoms with Gasteiger partial charge in [-0.25, -0.2) is 13.4 Å². The van der Waals surface area contributed by atoms with Crippen LogP contribution in [0.2, 0.25) is 0 Å². The van der Waals surface area contributed by atoms with Crippen molar-refractivity contribution in [2.75, 3.05) is 54.9 Å². The SMILES string of the molecule is C=CC(=O)N1CCCC(=[N+]2C=Nc3c(NCc4ccccc4)nc(Nc4cc(F)c(N5CCOCC5)c(F)c4)nc32)C1. The molecule has 6 rings (SSSR count). The van der Waals surface area contributed by atoms with Crippen LogP contribution in [0.25, 0.3) is 0 Å². The van der Waals surface area contributed by atoms with Gasteiger partial charge in [0, 0.05) is 38.3 Å². The standard InChI is InChI=1S/C30H31F2N8O2/c1-2-25(41)39-10-6-9-22(18-39)40-19-34-26-28(33-17-20-7-4-3-5-8-20)36-30(37-29(26)40)35-21-15-23(31)27(24(32)16-21)38-11-13-42-14-12-38/h2-5,7-8,15-16,19H,1,6,9-14,17-18H2,(H2,33,35,36,37)/q+1. The average molecular weight is 574 g/mol. The summed E-state index contributed by atoms with van der Waals surface area (Å²) in [6.07, 6.45) is 4.53. The number of rotatable bonds is 7. The second-order valence-corrected chi connectivity index (χ2v) is 10.2. The number of likely N-dealkylation sites (tertiary alicyclic amines) is 1. The third-order valence-electron chi connectivity index (χ3n) is 7.39. The van der Waals surface area contributed by atoms with Gasteiger partial charge >= 0.3 is 11.8 Å². The zero-order valence-electron chi connectivity index (χ0n) is 23.0. The van der Waals surface area contributed by atoms with E-state index >= 15 is 8.78 Å². The number of morpholine rings is 1. The Bertz CT molecular complexity index is 1550. The Morgan fingerprint density at radius 3 is 2.60 bits per heavy atom. The predicted octanol–water partition coefficient (Wildman–Crippen LogP) is 4.51. The molecule has 0 atom stereocenters. The number of hydrogen-bond donors (Lipinski definition) is 2. The summed E-state index contributed by atoms with van der Waals surface area (Å²) < 4.78 is 37.5. The number of fused-ring (bicyclic) bond motifs is 1. The number of halogens is 2. The Labute approximate surface area is 242 Å². The lowest BCUT2D eigenvalue weighted by Gasteiger charge is -2.29. The molecule has 3 aliphatic heterocycles. The number of nitrogens with one attached hydrogen (secondary N) is 2. The minimum atomic E-state index is -0.683. The summed E-state index contributed by atoms with van der Waals surface area (Å²) in [5.74, 6) is -0.379. The van der Waals surface area contributed by atoms with E-state index in [0.717, 1.165) is 24.1 Å². The highest BCUT2D eigenvalue weighted by Crippen LogP contribution is 2.38. The molecule has 12 heteroatoms. The van der Waals surface area contributed by atoms with E-state index in [4.69, 9.17) is 9.72 Å². The Balaban J connectivity index is 1.34. The molecule has 0 aliphatic carbocycles. The largest absolute Gasteiger partial charge is 0.378 e. The van der Waals surface area contributed by atoms with Crippen molar-refractivity contribution in [3.8, 4) is 0 Å². The number of carbonyl (C=O) groups excluding carboxylic acids is 1. The quantitative estimate of drug-likeness (QED) is 0.317. The van der Waals surface area contributed by atoms with E-state index in [9.17, 15) is 4.79 Å². The van der Waals surface area contributed by atoms with Crippen LogP contribution in [-0.4, -0.2) is 76.8 Å². The fourth-order valence-electron chi connectivity index (χ4n) is 5.31. The lowest BCUT2D eigenvalue weighted by atomic mass is 10.1. The summed E-state index contributed by atoms with van der Waals surface area (Å²) in [6, 6.07) is 12.3. The van der Waals surface area contributed by atoms with Crippen molar-refractivity contribution in [3.05, 3.63) is 72.3 Å². The Hall–Kier alpha value is -4.71. The van der Waals surface area contributed by atoms with Gasteiger partial charge in [0.2, 0.25) is 12.2 Å². The number of aliphatic imine (C=N–C) groups is 1. The van der Waals surface area contributed by atoms with Crippen molar-refractivity contribution in [1.82, 2.24) is 14.9 Å². The highest BCUT2D eigenvalue weighted by atomic mass is 19.1. The van der Waals surface area contributed by atoms with Gasteiger partial charge < -0.3 is 25.2 Å². The van der Waals surface area contributed by atoms with Crippen molar-refractivity contribution in [3.63, 3.8) is 0 Å². The van der Waals surface area contributed by atoms with Gasteiger partial charge in [0.05, 0.1) is 25.5 Å². The molecule has 2 fully saturated rings. The molecule has 4 heterocycles.